The fourth-order valence-corrected chi connectivity index (χ4v) is 8.85. The maximum atomic E-state index is 2.44. The van der Waals surface area contributed by atoms with Crippen LogP contribution in [0.25, 0.3) is 109 Å². The Morgan fingerprint density at radius 2 is 0.589 bits per heavy atom. The van der Waals surface area contributed by atoms with Crippen molar-refractivity contribution in [2.45, 2.75) is 0 Å². The summed E-state index contributed by atoms with van der Waals surface area (Å²) < 4.78 is 0. The van der Waals surface area contributed by atoms with E-state index in [1.54, 1.807) is 0 Å². The van der Waals surface area contributed by atoms with Crippen molar-refractivity contribution in [3.63, 3.8) is 0 Å². The Morgan fingerprint density at radius 1 is 0.161 bits per heavy atom. The standard InChI is InChI=1S/C56H36/c1-3-14-38(15-4-1)51-31-40-19-7-9-21-42(40)33-53(51)44-26-28-48-46(30-44)36-56(49-25-13-23-37-18-11-12-24-47(37)49)55-35-45(27-29-50(48)55)54-34-43-22-10-8-20-41(43)32-52(54)39-16-5-2-6-17-39/h1-36H. The van der Waals surface area contributed by atoms with Crippen LogP contribution in [0.5, 0.6) is 0 Å². The van der Waals surface area contributed by atoms with Crippen LogP contribution in [0.2, 0.25) is 0 Å². The van der Waals surface area contributed by atoms with E-state index in [9.17, 15) is 0 Å². The third kappa shape index (κ3) is 5.46. The first kappa shape index (κ1) is 32.2. The average Bonchev–Trinajstić information content (AvgIpc) is 3.28. The first-order chi connectivity index (χ1) is 27.7. The van der Waals surface area contributed by atoms with E-state index in [1.165, 1.54) is 109 Å². The maximum absolute atomic E-state index is 2.44. The van der Waals surface area contributed by atoms with Gasteiger partial charge in [0.1, 0.15) is 0 Å². The minimum absolute atomic E-state index is 1.21. The molecule has 11 aromatic rings. The molecule has 0 fully saturated rings. The van der Waals surface area contributed by atoms with Crippen molar-refractivity contribution in [2.75, 3.05) is 0 Å². The smallest absolute Gasteiger partial charge is 0.00926 e. The van der Waals surface area contributed by atoms with E-state index < -0.39 is 0 Å². The molecular weight excluding hydrogens is 673 g/mol. The van der Waals surface area contributed by atoms with Crippen LogP contribution in [0.3, 0.4) is 0 Å². The molecule has 0 unspecified atom stereocenters. The Balaban J connectivity index is 1.18. The summed E-state index contributed by atoms with van der Waals surface area (Å²) in [5, 5.41) is 12.5. The molecule has 0 N–H and O–H groups in total. The van der Waals surface area contributed by atoms with Gasteiger partial charge in [0.15, 0.2) is 0 Å². The summed E-state index contributed by atoms with van der Waals surface area (Å²) in [4.78, 5) is 0. The number of rotatable bonds is 5. The molecule has 0 atom stereocenters. The van der Waals surface area contributed by atoms with Crippen LogP contribution in [-0.2, 0) is 0 Å². The third-order valence-electron chi connectivity index (χ3n) is 11.6. The average molecular weight is 709 g/mol. The van der Waals surface area contributed by atoms with Gasteiger partial charge in [0.25, 0.3) is 0 Å². The second kappa shape index (κ2) is 13.2. The molecule has 0 heteroatoms. The number of hydrogen-bond acceptors (Lipinski definition) is 0. The third-order valence-corrected chi connectivity index (χ3v) is 11.6. The lowest BCUT2D eigenvalue weighted by Crippen LogP contribution is -1.91. The van der Waals surface area contributed by atoms with E-state index in [0.29, 0.717) is 0 Å². The van der Waals surface area contributed by atoms with Crippen LogP contribution in [0.15, 0.2) is 218 Å². The molecule has 0 saturated heterocycles. The van der Waals surface area contributed by atoms with Crippen molar-refractivity contribution in [1.29, 1.82) is 0 Å². The van der Waals surface area contributed by atoms with Gasteiger partial charge in [-0.25, -0.2) is 0 Å². The van der Waals surface area contributed by atoms with Crippen LogP contribution >= 0.6 is 0 Å². The second-order valence-electron chi connectivity index (χ2n) is 14.9. The highest BCUT2D eigenvalue weighted by molar-refractivity contribution is 6.18. The van der Waals surface area contributed by atoms with Gasteiger partial charge in [0.2, 0.25) is 0 Å². The Labute approximate surface area is 326 Å². The Kier molecular flexibility index (Phi) is 7.60. The van der Waals surface area contributed by atoms with E-state index in [0.717, 1.165) is 0 Å². The molecule has 260 valence electrons. The normalized spacial score (nSPS) is 11.6. The highest BCUT2D eigenvalue weighted by atomic mass is 14.2. The summed E-state index contributed by atoms with van der Waals surface area (Å²) in [6.07, 6.45) is 0. The Morgan fingerprint density at radius 3 is 1.16 bits per heavy atom. The molecule has 0 radical (unpaired) electrons. The predicted molar refractivity (Wildman–Crippen MR) is 241 cm³/mol. The second-order valence-corrected chi connectivity index (χ2v) is 14.9. The number of fused-ring (bicyclic) bond motifs is 6. The fraction of sp³-hybridized carbons (Fsp3) is 0. The van der Waals surface area contributed by atoms with Crippen molar-refractivity contribution in [2.24, 2.45) is 0 Å². The molecule has 0 aliphatic carbocycles. The molecule has 0 heterocycles. The molecule has 0 nitrogen and oxygen atoms in total. The molecule has 11 rings (SSSR count). The highest BCUT2D eigenvalue weighted by Crippen LogP contribution is 2.44. The molecule has 0 saturated carbocycles. The van der Waals surface area contributed by atoms with Gasteiger partial charge >= 0.3 is 0 Å². The predicted octanol–water partition coefficient (Wildman–Crippen LogP) is 15.8. The van der Waals surface area contributed by atoms with Crippen LogP contribution in [0.4, 0.5) is 0 Å². The van der Waals surface area contributed by atoms with Crippen molar-refractivity contribution in [3.8, 4) is 55.6 Å². The molecule has 0 bridgehead atoms. The summed E-state index contributed by atoms with van der Waals surface area (Å²) >= 11 is 0. The lowest BCUT2D eigenvalue weighted by molar-refractivity contribution is 1.61. The van der Waals surface area contributed by atoms with E-state index in [2.05, 4.69) is 218 Å². The molecule has 0 aliphatic heterocycles. The van der Waals surface area contributed by atoms with E-state index in [4.69, 9.17) is 0 Å². The van der Waals surface area contributed by atoms with Crippen LogP contribution < -0.4 is 0 Å². The highest BCUT2D eigenvalue weighted by Gasteiger charge is 2.17. The van der Waals surface area contributed by atoms with Gasteiger partial charge < -0.3 is 0 Å². The van der Waals surface area contributed by atoms with Crippen LogP contribution in [0, 0.1) is 0 Å². The van der Waals surface area contributed by atoms with Gasteiger partial charge in [-0.15, -0.1) is 0 Å². The monoisotopic (exact) mass is 708 g/mol. The van der Waals surface area contributed by atoms with Gasteiger partial charge in [0, 0.05) is 0 Å². The lowest BCUT2D eigenvalue weighted by Gasteiger charge is -2.18. The molecule has 56 heavy (non-hydrogen) atoms. The summed E-state index contributed by atoms with van der Waals surface area (Å²) in [5.74, 6) is 0. The minimum atomic E-state index is 1.21. The maximum Gasteiger partial charge on any atom is -0.00926 e. The lowest BCUT2D eigenvalue weighted by atomic mass is 9.86. The summed E-state index contributed by atoms with van der Waals surface area (Å²) in [6, 6.07) is 80.5. The molecule has 0 amide bonds. The zero-order valence-corrected chi connectivity index (χ0v) is 30.8. The Hall–Kier alpha value is -7.28. The largest absolute Gasteiger partial charge is 0.0622 e. The van der Waals surface area contributed by atoms with Crippen LogP contribution in [-0.4, -0.2) is 0 Å². The van der Waals surface area contributed by atoms with E-state index in [-0.39, 0.29) is 0 Å². The molecular formula is C56H36. The van der Waals surface area contributed by atoms with Gasteiger partial charge in [-0.3, -0.25) is 0 Å². The summed E-state index contributed by atoms with van der Waals surface area (Å²) in [6.45, 7) is 0. The summed E-state index contributed by atoms with van der Waals surface area (Å²) in [5.41, 5.74) is 12.3. The Bertz CT molecular complexity index is 3280. The van der Waals surface area contributed by atoms with Gasteiger partial charge in [-0.2, -0.15) is 0 Å². The van der Waals surface area contributed by atoms with Crippen molar-refractivity contribution < 1.29 is 0 Å². The van der Waals surface area contributed by atoms with Crippen LogP contribution in [0.1, 0.15) is 0 Å². The molecule has 11 aromatic carbocycles. The molecule has 0 spiro atoms. The topological polar surface area (TPSA) is 0 Å². The zero-order chi connectivity index (χ0) is 37.0. The quantitative estimate of drug-likeness (QED) is 0.156. The number of hydrogen-bond donors (Lipinski definition) is 0. The first-order valence-corrected chi connectivity index (χ1v) is 19.4. The van der Waals surface area contributed by atoms with E-state index >= 15 is 0 Å². The zero-order valence-electron chi connectivity index (χ0n) is 30.8. The van der Waals surface area contributed by atoms with Gasteiger partial charge in [-0.1, -0.05) is 176 Å². The van der Waals surface area contributed by atoms with Crippen molar-refractivity contribution in [1.82, 2.24) is 0 Å². The van der Waals surface area contributed by atoms with Gasteiger partial charge in [0.05, 0.1) is 0 Å². The van der Waals surface area contributed by atoms with Crippen molar-refractivity contribution in [3.05, 3.63) is 218 Å². The fourth-order valence-electron chi connectivity index (χ4n) is 8.85. The van der Waals surface area contributed by atoms with Gasteiger partial charge in [-0.05, 0) is 152 Å². The SMILES string of the molecule is c1ccc(-c2cc3ccccc3cc2-c2ccc3c(c2)cc(-c2cccc4ccccc24)c2cc(-c4cc5ccccc5cc4-c4ccccc4)ccc23)cc1. The number of benzene rings is 11. The summed E-state index contributed by atoms with van der Waals surface area (Å²) in [7, 11) is 0. The minimum Gasteiger partial charge on any atom is -0.0622 e. The van der Waals surface area contributed by atoms with E-state index in [1.807, 2.05) is 0 Å². The molecule has 0 aliphatic rings. The first-order valence-electron chi connectivity index (χ1n) is 19.4. The molecule has 0 aromatic heterocycles. The van der Waals surface area contributed by atoms with Crippen molar-refractivity contribution >= 4 is 53.9 Å².